The second-order valence-electron chi connectivity index (χ2n) is 4.49. The minimum atomic E-state index is -0.972. The van der Waals surface area contributed by atoms with Gasteiger partial charge in [-0.15, -0.1) is 10.2 Å². The minimum Gasteiger partial charge on any atom is -0.465 e. The highest BCUT2D eigenvalue weighted by molar-refractivity contribution is 5.65. The van der Waals surface area contributed by atoms with Crippen molar-refractivity contribution in [2.45, 2.75) is 13.0 Å². The maximum Gasteiger partial charge on any atom is 0.407 e. The first-order valence-corrected chi connectivity index (χ1v) is 6.10. The fourth-order valence-corrected chi connectivity index (χ4v) is 2.09. The molecule has 1 aliphatic rings. The Hall–Kier alpha value is -2.57. The van der Waals surface area contributed by atoms with E-state index < -0.39 is 6.09 Å². The van der Waals surface area contributed by atoms with Crippen LogP contribution in [-0.4, -0.2) is 37.8 Å². The molecule has 0 saturated heterocycles. The van der Waals surface area contributed by atoms with E-state index in [4.69, 9.17) is 5.11 Å². The number of carboxylic acid groups (broad SMARTS) is 1. The monoisotopic (exact) mass is 274 g/mol. The molecule has 102 valence electrons. The third-order valence-corrected chi connectivity index (χ3v) is 3.17. The van der Waals surface area contributed by atoms with Crippen molar-refractivity contribution in [3.05, 3.63) is 41.5 Å². The topological polar surface area (TPSA) is 79.2 Å². The maximum absolute atomic E-state index is 12.9. The van der Waals surface area contributed by atoms with Gasteiger partial charge in [0.05, 0.1) is 12.2 Å². The quantitative estimate of drug-likeness (QED) is 0.856. The number of aromatic nitrogens is 3. The third-order valence-electron chi connectivity index (χ3n) is 3.17. The zero-order valence-electron chi connectivity index (χ0n) is 10.5. The smallest absolute Gasteiger partial charge is 0.407 e. The summed E-state index contributed by atoms with van der Waals surface area (Å²) in [5.41, 5.74) is 2.00. The van der Waals surface area contributed by atoms with E-state index in [1.54, 1.807) is 12.1 Å². The number of fused-ring (bicyclic) bond motifs is 1. The van der Waals surface area contributed by atoms with Crippen molar-refractivity contribution in [2.75, 3.05) is 6.54 Å². The normalized spacial score (nSPS) is 13.9. The summed E-state index contributed by atoms with van der Waals surface area (Å²) in [5, 5.41) is 17.0. The van der Waals surface area contributed by atoms with Crippen molar-refractivity contribution in [3.63, 3.8) is 0 Å². The van der Waals surface area contributed by atoms with Crippen LogP contribution in [0, 0.1) is 5.82 Å². The Kier molecular flexibility index (Phi) is 3.02. The van der Waals surface area contributed by atoms with E-state index in [0.29, 0.717) is 30.0 Å². The Balaban J connectivity index is 1.91. The average molecular weight is 274 g/mol. The van der Waals surface area contributed by atoms with Crippen molar-refractivity contribution in [3.8, 4) is 11.4 Å². The Labute approximate surface area is 113 Å². The number of benzene rings is 1. The van der Waals surface area contributed by atoms with Gasteiger partial charge in [0.25, 0.3) is 0 Å². The molecule has 0 aliphatic carbocycles. The lowest BCUT2D eigenvalue weighted by Crippen LogP contribution is -2.36. The van der Waals surface area contributed by atoms with Gasteiger partial charge in [-0.3, -0.25) is 0 Å². The molecule has 0 bridgehead atoms. The van der Waals surface area contributed by atoms with Crippen molar-refractivity contribution in [1.82, 2.24) is 20.1 Å². The summed E-state index contributed by atoms with van der Waals surface area (Å²) in [7, 11) is 0. The van der Waals surface area contributed by atoms with E-state index in [1.165, 1.54) is 17.0 Å². The van der Waals surface area contributed by atoms with Gasteiger partial charge in [0.2, 0.25) is 0 Å². The molecule has 3 rings (SSSR count). The molecule has 1 N–H and O–H groups in total. The van der Waals surface area contributed by atoms with Crippen LogP contribution in [0.1, 0.15) is 11.4 Å². The van der Waals surface area contributed by atoms with Crippen molar-refractivity contribution in [2.24, 2.45) is 0 Å². The van der Waals surface area contributed by atoms with Gasteiger partial charge in [0.1, 0.15) is 11.5 Å². The van der Waals surface area contributed by atoms with Crippen LogP contribution in [0.5, 0.6) is 0 Å². The number of carbonyl (C=O) groups is 1. The lowest BCUT2D eigenvalue weighted by Gasteiger charge is -2.24. The molecule has 0 spiro atoms. The second-order valence-corrected chi connectivity index (χ2v) is 4.49. The zero-order chi connectivity index (χ0) is 14.1. The van der Waals surface area contributed by atoms with Gasteiger partial charge in [-0.05, 0) is 24.3 Å². The van der Waals surface area contributed by atoms with Crippen LogP contribution in [0.25, 0.3) is 11.4 Å². The number of rotatable bonds is 1. The fraction of sp³-hybridized carbons (Fsp3) is 0.231. The average Bonchev–Trinajstić information content (AvgIpc) is 2.47. The van der Waals surface area contributed by atoms with Crippen LogP contribution in [-0.2, 0) is 13.0 Å². The summed E-state index contributed by atoms with van der Waals surface area (Å²) in [6, 6.07) is 5.85. The van der Waals surface area contributed by atoms with Crippen LogP contribution < -0.4 is 0 Å². The molecule has 20 heavy (non-hydrogen) atoms. The molecule has 1 aromatic carbocycles. The molecule has 0 atom stereocenters. The van der Waals surface area contributed by atoms with Gasteiger partial charge in [0, 0.05) is 18.5 Å². The van der Waals surface area contributed by atoms with E-state index in [2.05, 4.69) is 15.2 Å². The van der Waals surface area contributed by atoms with Gasteiger partial charge >= 0.3 is 6.09 Å². The summed E-state index contributed by atoms with van der Waals surface area (Å²) < 4.78 is 12.9. The lowest BCUT2D eigenvalue weighted by atomic mass is 10.1. The van der Waals surface area contributed by atoms with Gasteiger partial charge in [-0.2, -0.15) is 0 Å². The van der Waals surface area contributed by atoms with Crippen molar-refractivity contribution >= 4 is 6.09 Å². The zero-order valence-corrected chi connectivity index (χ0v) is 10.5. The molecule has 0 fully saturated rings. The SMILES string of the molecule is O=C(O)N1CCc2nc(-c3ccc(F)cc3)nnc2C1. The minimum absolute atomic E-state index is 0.203. The van der Waals surface area contributed by atoms with Gasteiger partial charge in [0.15, 0.2) is 5.82 Å². The van der Waals surface area contributed by atoms with Crippen molar-refractivity contribution < 1.29 is 14.3 Å². The van der Waals surface area contributed by atoms with E-state index in [0.717, 1.165) is 5.69 Å². The maximum atomic E-state index is 12.9. The molecule has 7 heteroatoms. The van der Waals surface area contributed by atoms with Gasteiger partial charge < -0.3 is 10.0 Å². The first-order chi connectivity index (χ1) is 9.63. The van der Waals surface area contributed by atoms with Gasteiger partial charge in [-0.25, -0.2) is 14.2 Å². The molecule has 1 aliphatic heterocycles. The molecular formula is C13H11FN4O2. The van der Waals surface area contributed by atoms with E-state index in [1.807, 2.05) is 0 Å². The molecular weight excluding hydrogens is 263 g/mol. The second kappa shape index (κ2) is 4.84. The summed E-state index contributed by atoms with van der Waals surface area (Å²) in [5.74, 6) is 0.101. The highest BCUT2D eigenvalue weighted by atomic mass is 19.1. The standard InChI is InChI=1S/C13H11FN4O2/c14-9-3-1-8(2-4-9)12-15-10-5-6-18(13(19)20)7-11(10)16-17-12/h1-4H,5-7H2,(H,19,20). The lowest BCUT2D eigenvalue weighted by molar-refractivity contribution is 0.138. The first-order valence-electron chi connectivity index (χ1n) is 6.10. The Morgan fingerprint density at radius 1 is 1.20 bits per heavy atom. The third kappa shape index (κ3) is 2.29. The van der Waals surface area contributed by atoms with Crippen LogP contribution >= 0.6 is 0 Å². The van der Waals surface area contributed by atoms with E-state index in [9.17, 15) is 9.18 Å². The first kappa shape index (κ1) is 12.5. The molecule has 6 nitrogen and oxygen atoms in total. The number of hydrogen-bond donors (Lipinski definition) is 1. The summed E-state index contributed by atoms with van der Waals surface area (Å²) in [6.07, 6.45) is -0.467. The highest BCUT2D eigenvalue weighted by Crippen LogP contribution is 2.19. The molecule has 2 aromatic rings. The van der Waals surface area contributed by atoms with E-state index >= 15 is 0 Å². The van der Waals surface area contributed by atoms with Gasteiger partial charge in [-0.1, -0.05) is 0 Å². The summed E-state index contributed by atoms with van der Waals surface area (Å²) in [4.78, 5) is 16.6. The number of amides is 1. The van der Waals surface area contributed by atoms with Crippen LogP contribution in [0.4, 0.5) is 9.18 Å². The molecule has 2 heterocycles. The Morgan fingerprint density at radius 2 is 1.95 bits per heavy atom. The summed E-state index contributed by atoms with van der Waals surface area (Å²) >= 11 is 0. The Morgan fingerprint density at radius 3 is 2.65 bits per heavy atom. The van der Waals surface area contributed by atoms with Crippen LogP contribution in [0.2, 0.25) is 0 Å². The summed E-state index contributed by atoms with van der Waals surface area (Å²) in [6.45, 7) is 0.595. The molecule has 1 amide bonds. The van der Waals surface area contributed by atoms with Crippen LogP contribution in [0.15, 0.2) is 24.3 Å². The largest absolute Gasteiger partial charge is 0.465 e. The molecule has 0 unspecified atom stereocenters. The predicted octanol–water partition coefficient (Wildman–Crippen LogP) is 1.71. The fourth-order valence-electron chi connectivity index (χ4n) is 2.09. The number of hydrogen-bond acceptors (Lipinski definition) is 4. The van der Waals surface area contributed by atoms with Crippen molar-refractivity contribution in [1.29, 1.82) is 0 Å². The number of halogens is 1. The Bertz CT molecular complexity index is 660. The van der Waals surface area contributed by atoms with Crippen LogP contribution in [0.3, 0.4) is 0 Å². The predicted molar refractivity (Wildman–Crippen MR) is 67.4 cm³/mol. The molecule has 0 saturated carbocycles. The molecule has 1 aromatic heterocycles. The van der Waals surface area contributed by atoms with E-state index in [-0.39, 0.29) is 12.4 Å². The molecule has 0 radical (unpaired) electrons. The number of nitrogens with zero attached hydrogens (tertiary/aromatic N) is 4. The highest BCUT2D eigenvalue weighted by Gasteiger charge is 2.23.